The third-order valence-corrected chi connectivity index (χ3v) is 5.07. The summed E-state index contributed by atoms with van der Waals surface area (Å²) >= 11 is 11.8. The van der Waals surface area contributed by atoms with Gasteiger partial charge in [0.25, 0.3) is 11.6 Å². The maximum Gasteiger partial charge on any atom is 0.433 e. The normalized spacial score (nSPS) is 11.5. The van der Waals surface area contributed by atoms with E-state index in [4.69, 9.17) is 23.2 Å². The fourth-order valence-electron chi connectivity index (χ4n) is 2.96. The number of nitro groups is 1. The van der Waals surface area contributed by atoms with E-state index >= 15 is 0 Å². The Morgan fingerprint density at radius 3 is 2.36 bits per heavy atom. The molecule has 0 aliphatic carbocycles. The molecular weight excluding hydrogens is 486 g/mol. The number of hydrogen-bond acceptors (Lipinski definition) is 5. The van der Waals surface area contributed by atoms with Crippen molar-refractivity contribution in [3.8, 4) is 11.3 Å². The smallest absolute Gasteiger partial charge is 0.319 e. The van der Waals surface area contributed by atoms with Gasteiger partial charge in [-0.2, -0.15) is 18.3 Å². The number of carbonyl (C=O) groups excluding carboxylic acids is 1. The Morgan fingerprint density at radius 2 is 1.76 bits per heavy atom. The number of rotatable bonds is 4. The number of alkyl halides is 3. The molecule has 4 rings (SSSR count). The van der Waals surface area contributed by atoms with Crippen LogP contribution < -0.4 is 5.32 Å². The van der Waals surface area contributed by atoms with Crippen LogP contribution in [0.5, 0.6) is 0 Å². The molecule has 1 amide bonds. The van der Waals surface area contributed by atoms with Crippen LogP contribution in [0.15, 0.2) is 54.6 Å². The van der Waals surface area contributed by atoms with Gasteiger partial charge >= 0.3 is 6.18 Å². The number of benzene rings is 2. The quantitative estimate of drug-likeness (QED) is 0.281. The van der Waals surface area contributed by atoms with Gasteiger partial charge in [0.2, 0.25) is 0 Å². The lowest BCUT2D eigenvalue weighted by atomic mass is 10.1. The third kappa shape index (κ3) is 4.59. The van der Waals surface area contributed by atoms with Gasteiger partial charge in [-0.15, -0.1) is 0 Å². The summed E-state index contributed by atoms with van der Waals surface area (Å²) in [4.78, 5) is 26.9. The molecule has 168 valence electrons. The van der Waals surface area contributed by atoms with E-state index in [-0.39, 0.29) is 33.4 Å². The van der Waals surface area contributed by atoms with Crippen LogP contribution in [0.2, 0.25) is 10.0 Å². The van der Waals surface area contributed by atoms with Crippen LogP contribution in [0.4, 0.5) is 24.5 Å². The molecule has 13 heteroatoms. The Hall–Kier alpha value is -3.70. The van der Waals surface area contributed by atoms with Crippen molar-refractivity contribution in [1.82, 2.24) is 14.6 Å². The minimum absolute atomic E-state index is 0.0109. The van der Waals surface area contributed by atoms with Gasteiger partial charge in [0.1, 0.15) is 0 Å². The second-order valence-corrected chi connectivity index (χ2v) is 7.55. The van der Waals surface area contributed by atoms with E-state index in [1.54, 1.807) is 0 Å². The standard InChI is InChI=1S/C20H10Cl2F3N5O3/c21-11-3-1-10(2-4-11)15-8-17(20(23,24)25)29-18(26-15)9-16(28-29)19(31)27-14-6-5-12(30(32)33)7-13(14)22/h1-9H,(H,27,31). The lowest BCUT2D eigenvalue weighted by Crippen LogP contribution is -2.16. The maximum atomic E-state index is 13.7. The topological polar surface area (TPSA) is 102 Å². The first kappa shape index (κ1) is 22.5. The molecule has 0 unspecified atom stereocenters. The maximum absolute atomic E-state index is 13.7. The molecular formula is C20H10Cl2F3N5O3. The van der Waals surface area contributed by atoms with E-state index in [9.17, 15) is 28.1 Å². The van der Waals surface area contributed by atoms with Crippen molar-refractivity contribution in [3.05, 3.63) is 86.1 Å². The summed E-state index contributed by atoms with van der Waals surface area (Å²) in [6.07, 6.45) is -4.79. The predicted molar refractivity (Wildman–Crippen MR) is 114 cm³/mol. The van der Waals surface area contributed by atoms with Gasteiger partial charge < -0.3 is 5.32 Å². The number of non-ortho nitro benzene ring substituents is 1. The lowest BCUT2D eigenvalue weighted by molar-refractivity contribution is -0.384. The van der Waals surface area contributed by atoms with E-state index in [2.05, 4.69) is 15.4 Å². The third-order valence-electron chi connectivity index (χ3n) is 4.50. The lowest BCUT2D eigenvalue weighted by Gasteiger charge is -2.11. The molecule has 0 saturated carbocycles. The molecule has 2 aromatic heterocycles. The van der Waals surface area contributed by atoms with E-state index in [1.807, 2.05) is 0 Å². The molecule has 0 saturated heterocycles. The Balaban J connectivity index is 1.74. The van der Waals surface area contributed by atoms with Crippen molar-refractivity contribution in [1.29, 1.82) is 0 Å². The number of fused-ring (bicyclic) bond motifs is 1. The Bertz CT molecular complexity index is 1400. The van der Waals surface area contributed by atoms with E-state index < -0.39 is 22.7 Å². The van der Waals surface area contributed by atoms with Crippen molar-refractivity contribution in [2.75, 3.05) is 5.32 Å². The van der Waals surface area contributed by atoms with Gasteiger partial charge in [0.15, 0.2) is 17.0 Å². The molecule has 8 nitrogen and oxygen atoms in total. The minimum Gasteiger partial charge on any atom is -0.319 e. The van der Waals surface area contributed by atoms with Crippen LogP contribution in [0, 0.1) is 10.1 Å². The summed E-state index contributed by atoms with van der Waals surface area (Å²) in [6, 6.07) is 11.3. The summed E-state index contributed by atoms with van der Waals surface area (Å²) in [5, 5.41) is 17.2. The molecule has 0 aliphatic heterocycles. The van der Waals surface area contributed by atoms with Crippen molar-refractivity contribution in [2.45, 2.75) is 6.18 Å². The van der Waals surface area contributed by atoms with Gasteiger partial charge in [-0.1, -0.05) is 35.3 Å². The summed E-state index contributed by atoms with van der Waals surface area (Å²) in [5.41, 5.74) is -1.58. The number of nitrogens with zero attached hydrogens (tertiary/aromatic N) is 4. The number of nitro benzene ring substituents is 1. The van der Waals surface area contributed by atoms with Gasteiger partial charge in [-0.25, -0.2) is 9.50 Å². The zero-order valence-electron chi connectivity index (χ0n) is 16.1. The number of hydrogen-bond donors (Lipinski definition) is 1. The zero-order valence-corrected chi connectivity index (χ0v) is 17.6. The summed E-state index contributed by atoms with van der Waals surface area (Å²) in [7, 11) is 0. The molecule has 2 heterocycles. The molecule has 33 heavy (non-hydrogen) atoms. The second-order valence-electron chi connectivity index (χ2n) is 6.71. The van der Waals surface area contributed by atoms with E-state index in [0.29, 0.717) is 15.1 Å². The monoisotopic (exact) mass is 495 g/mol. The van der Waals surface area contributed by atoms with Crippen molar-refractivity contribution < 1.29 is 22.9 Å². The predicted octanol–water partition coefficient (Wildman–Crippen LogP) is 5.88. The molecule has 0 aliphatic rings. The number of halogens is 5. The summed E-state index contributed by atoms with van der Waals surface area (Å²) < 4.78 is 41.6. The minimum atomic E-state index is -4.79. The summed E-state index contributed by atoms with van der Waals surface area (Å²) in [5.74, 6) is -0.877. The van der Waals surface area contributed by atoms with Crippen molar-refractivity contribution in [2.24, 2.45) is 0 Å². The van der Waals surface area contributed by atoms with E-state index in [1.165, 1.54) is 30.3 Å². The number of amides is 1. The molecule has 0 spiro atoms. The van der Waals surface area contributed by atoms with E-state index in [0.717, 1.165) is 24.3 Å². The molecule has 0 fully saturated rings. The van der Waals surface area contributed by atoms with Crippen LogP contribution in [-0.4, -0.2) is 25.4 Å². The molecule has 0 bridgehead atoms. The summed E-state index contributed by atoms with van der Waals surface area (Å²) in [6.45, 7) is 0. The highest BCUT2D eigenvalue weighted by molar-refractivity contribution is 6.34. The zero-order chi connectivity index (χ0) is 23.9. The van der Waals surface area contributed by atoms with Gasteiger partial charge in [0, 0.05) is 28.8 Å². The fraction of sp³-hybridized carbons (Fsp3) is 0.0500. The number of carbonyl (C=O) groups is 1. The molecule has 0 atom stereocenters. The van der Waals surface area contributed by atoms with Crippen LogP contribution in [-0.2, 0) is 6.18 Å². The van der Waals surface area contributed by atoms with Crippen LogP contribution in [0.1, 0.15) is 16.2 Å². The van der Waals surface area contributed by atoms with Gasteiger partial charge in [-0.3, -0.25) is 14.9 Å². The van der Waals surface area contributed by atoms with Crippen LogP contribution >= 0.6 is 23.2 Å². The first-order chi connectivity index (χ1) is 15.5. The SMILES string of the molecule is O=C(Nc1ccc([N+](=O)[O-])cc1Cl)c1cc2nc(-c3ccc(Cl)cc3)cc(C(F)(F)F)n2n1. The fourth-order valence-corrected chi connectivity index (χ4v) is 3.31. The Labute approximate surface area is 192 Å². The highest BCUT2D eigenvalue weighted by atomic mass is 35.5. The first-order valence-electron chi connectivity index (χ1n) is 9.02. The molecule has 1 N–H and O–H groups in total. The molecule has 4 aromatic rings. The van der Waals surface area contributed by atoms with Crippen molar-refractivity contribution in [3.63, 3.8) is 0 Å². The number of nitrogens with one attached hydrogen (secondary N) is 1. The molecule has 0 radical (unpaired) electrons. The number of anilines is 1. The largest absolute Gasteiger partial charge is 0.433 e. The highest BCUT2D eigenvalue weighted by Crippen LogP contribution is 2.33. The Kier molecular flexibility index (Phi) is 5.68. The second kappa shape index (κ2) is 8.34. The highest BCUT2D eigenvalue weighted by Gasteiger charge is 2.35. The van der Waals surface area contributed by atoms with Crippen molar-refractivity contribution >= 4 is 46.1 Å². The van der Waals surface area contributed by atoms with Gasteiger partial charge in [-0.05, 0) is 24.3 Å². The van der Waals surface area contributed by atoms with Crippen LogP contribution in [0.25, 0.3) is 16.9 Å². The Morgan fingerprint density at radius 1 is 1.06 bits per heavy atom. The number of aromatic nitrogens is 3. The molecule has 2 aromatic carbocycles. The average molecular weight is 496 g/mol. The van der Waals surface area contributed by atoms with Gasteiger partial charge in [0.05, 0.1) is 21.3 Å². The average Bonchev–Trinajstić information content (AvgIpc) is 3.18. The van der Waals surface area contributed by atoms with Crippen LogP contribution in [0.3, 0.4) is 0 Å². The first-order valence-corrected chi connectivity index (χ1v) is 9.78.